The molecule has 0 amide bonds. The first-order valence-electron chi connectivity index (χ1n) is 7.29. The van der Waals surface area contributed by atoms with Crippen molar-refractivity contribution in [2.75, 3.05) is 5.32 Å². The van der Waals surface area contributed by atoms with Crippen molar-refractivity contribution >= 4 is 40.5 Å². The number of rotatable bonds is 3. The Bertz CT molecular complexity index is 874. The number of Topliss-reactive ketones (excluding diaryl/α,β-unsaturated/α-hetero) is 1. The molecular formula is C19H19ClN2O. The number of carbonyl (C=O) groups excluding carboxylic acids is 1. The number of ketones is 1. The predicted octanol–water partition coefficient (Wildman–Crippen LogP) is 5.22. The summed E-state index contributed by atoms with van der Waals surface area (Å²) < 4.78 is 0. The monoisotopic (exact) mass is 326 g/mol. The van der Waals surface area contributed by atoms with Gasteiger partial charge in [0.05, 0.1) is 5.52 Å². The number of aryl methyl sites for hydroxylation is 2. The Morgan fingerprint density at radius 3 is 2.57 bits per heavy atom. The van der Waals surface area contributed by atoms with Gasteiger partial charge in [0, 0.05) is 28.0 Å². The molecule has 2 aromatic carbocycles. The van der Waals surface area contributed by atoms with Crippen molar-refractivity contribution in [2.45, 2.75) is 20.8 Å². The van der Waals surface area contributed by atoms with Crippen LogP contribution in [0, 0.1) is 13.8 Å². The maximum atomic E-state index is 11.5. The molecule has 0 aliphatic rings. The lowest BCUT2D eigenvalue weighted by atomic mass is 10.1. The lowest BCUT2D eigenvalue weighted by Gasteiger charge is -2.12. The van der Waals surface area contributed by atoms with Crippen molar-refractivity contribution in [1.29, 1.82) is 0 Å². The average Bonchev–Trinajstić information content (AvgIpc) is 2.48. The van der Waals surface area contributed by atoms with Crippen LogP contribution in [0.3, 0.4) is 0 Å². The van der Waals surface area contributed by atoms with Crippen molar-refractivity contribution in [3.63, 3.8) is 0 Å². The van der Waals surface area contributed by atoms with E-state index in [0.29, 0.717) is 5.56 Å². The van der Waals surface area contributed by atoms with Crippen LogP contribution in [0.15, 0.2) is 48.5 Å². The van der Waals surface area contributed by atoms with Crippen molar-refractivity contribution in [1.82, 2.24) is 4.98 Å². The molecule has 1 aromatic heterocycles. The Kier molecular flexibility index (Phi) is 5.02. The third-order valence-electron chi connectivity index (χ3n) is 3.64. The lowest BCUT2D eigenvalue weighted by molar-refractivity contribution is 0.101. The van der Waals surface area contributed by atoms with Gasteiger partial charge in [-0.25, -0.2) is 0 Å². The number of aromatic nitrogens is 1. The number of pyridine rings is 1. The van der Waals surface area contributed by atoms with E-state index in [1.807, 2.05) is 43.3 Å². The van der Waals surface area contributed by atoms with Crippen LogP contribution in [0.2, 0.25) is 0 Å². The molecule has 0 saturated heterocycles. The molecular weight excluding hydrogens is 308 g/mol. The minimum atomic E-state index is 0. The van der Waals surface area contributed by atoms with Gasteiger partial charge in [0.2, 0.25) is 0 Å². The normalized spacial score (nSPS) is 10.2. The first-order chi connectivity index (χ1) is 10.5. The second kappa shape index (κ2) is 6.80. The molecule has 3 nitrogen and oxygen atoms in total. The number of halogens is 1. The summed E-state index contributed by atoms with van der Waals surface area (Å²) in [6.45, 7) is 5.63. The quantitative estimate of drug-likeness (QED) is 0.671. The third kappa shape index (κ3) is 3.69. The predicted molar refractivity (Wildman–Crippen MR) is 98.2 cm³/mol. The van der Waals surface area contributed by atoms with E-state index in [2.05, 4.69) is 29.4 Å². The number of hydrogen-bond acceptors (Lipinski definition) is 3. The smallest absolute Gasteiger partial charge is 0.159 e. The molecule has 4 heteroatoms. The Morgan fingerprint density at radius 1 is 1.04 bits per heavy atom. The van der Waals surface area contributed by atoms with Crippen LogP contribution in [0.5, 0.6) is 0 Å². The van der Waals surface area contributed by atoms with Gasteiger partial charge >= 0.3 is 0 Å². The SMILES string of the molecule is CC(=O)c1cccc(Nc2cc(C)nc3ccc(C)cc23)c1.Cl. The highest BCUT2D eigenvalue weighted by Crippen LogP contribution is 2.27. The number of fused-ring (bicyclic) bond motifs is 1. The van der Waals surface area contributed by atoms with Crippen LogP contribution in [-0.2, 0) is 0 Å². The van der Waals surface area contributed by atoms with E-state index in [1.54, 1.807) is 6.92 Å². The lowest BCUT2D eigenvalue weighted by Crippen LogP contribution is -1.97. The van der Waals surface area contributed by atoms with E-state index in [1.165, 1.54) is 5.56 Å². The zero-order valence-electron chi connectivity index (χ0n) is 13.4. The Morgan fingerprint density at radius 2 is 1.83 bits per heavy atom. The molecule has 0 bridgehead atoms. The molecule has 23 heavy (non-hydrogen) atoms. The highest BCUT2D eigenvalue weighted by Gasteiger charge is 2.06. The van der Waals surface area contributed by atoms with Gasteiger partial charge in [-0.1, -0.05) is 23.8 Å². The van der Waals surface area contributed by atoms with Crippen LogP contribution in [0.4, 0.5) is 11.4 Å². The maximum Gasteiger partial charge on any atom is 0.159 e. The van der Waals surface area contributed by atoms with Gasteiger partial charge in [0.1, 0.15) is 0 Å². The summed E-state index contributed by atoms with van der Waals surface area (Å²) in [6.07, 6.45) is 0. The maximum absolute atomic E-state index is 11.5. The molecule has 0 saturated carbocycles. The molecule has 0 unspecified atom stereocenters. The second-order valence-corrected chi connectivity index (χ2v) is 5.59. The summed E-state index contributed by atoms with van der Waals surface area (Å²) in [5, 5.41) is 4.50. The van der Waals surface area contributed by atoms with Crippen LogP contribution in [0.25, 0.3) is 10.9 Å². The minimum absolute atomic E-state index is 0. The van der Waals surface area contributed by atoms with Crippen LogP contribution in [0.1, 0.15) is 28.5 Å². The van der Waals surface area contributed by atoms with E-state index in [0.717, 1.165) is 28.0 Å². The van der Waals surface area contributed by atoms with Gasteiger partial charge in [-0.3, -0.25) is 9.78 Å². The average molecular weight is 327 g/mol. The molecule has 0 radical (unpaired) electrons. The standard InChI is InChI=1S/C19H18N2O.ClH/c1-12-7-8-18-17(9-12)19(10-13(2)20-18)21-16-6-4-5-15(11-16)14(3)22;/h4-11H,1-3H3,(H,20,21);1H. The zero-order chi connectivity index (χ0) is 15.7. The van der Waals surface area contributed by atoms with Gasteiger partial charge in [-0.15, -0.1) is 12.4 Å². The number of hydrogen-bond donors (Lipinski definition) is 1. The van der Waals surface area contributed by atoms with Crippen molar-refractivity contribution in [3.05, 3.63) is 65.4 Å². The number of benzene rings is 2. The van der Waals surface area contributed by atoms with Crippen molar-refractivity contribution in [2.24, 2.45) is 0 Å². The molecule has 0 fully saturated rings. The Balaban J connectivity index is 0.00000192. The van der Waals surface area contributed by atoms with Crippen LogP contribution < -0.4 is 5.32 Å². The molecule has 0 aliphatic carbocycles. The fourth-order valence-corrected chi connectivity index (χ4v) is 2.55. The van der Waals surface area contributed by atoms with Gasteiger partial charge in [-0.05, 0) is 51.1 Å². The summed E-state index contributed by atoms with van der Waals surface area (Å²) in [6, 6.07) is 15.8. The highest BCUT2D eigenvalue weighted by molar-refractivity contribution is 5.96. The molecule has 3 aromatic rings. The summed E-state index contributed by atoms with van der Waals surface area (Å²) in [5.41, 5.74) is 5.74. The van der Waals surface area contributed by atoms with Gasteiger partial charge in [-0.2, -0.15) is 0 Å². The number of nitrogens with one attached hydrogen (secondary N) is 1. The van der Waals surface area contributed by atoms with E-state index < -0.39 is 0 Å². The summed E-state index contributed by atoms with van der Waals surface area (Å²) >= 11 is 0. The van der Waals surface area contributed by atoms with E-state index in [9.17, 15) is 4.79 Å². The van der Waals surface area contributed by atoms with Gasteiger partial charge < -0.3 is 5.32 Å². The molecule has 1 heterocycles. The van der Waals surface area contributed by atoms with Crippen molar-refractivity contribution < 1.29 is 4.79 Å². The summed E-state index contributed by atoms with van der Waals surface area (Å²) in [7, 11) is 0. The van der Waals surface area contributed by atoms with E-state index in [4.69, 9.17) is 0 Å². The van der Waals surface area contributed by atoms with E-state index >= 15 is 0 Å². The highest BCUT2D eigenvalue weighted by atomic mass is 35.5. The minimum Gasteiger partial charge on any atom is -0.355 e. The fourth-order valence-electron chi connectivity index (χ4n) is 2.55. The summed E-state index contributed by atoms with van der Waals surface area (Å²) in [5.74, 6) is 0.0651. The van der Waals surface area contributed by atoms with Gasteiger partial charge in [0.15, 0.2) is 5.78 Å². The molecule has 0 spiro atoms. The molecule has 1 N–H and O–H groups in total. The molecule has 3 rings (SSSR count). The van der Waals surface area contributed by atoms with E-state index in [-0.39, 0.29) is 18.2 Å². The zero-order valence-corrected chi connectivity index (χ0v) is 14.2. The number of nitrogens with zero attached hydrogens (tertiary/aromatic N) is 1. The largest absolute Gasteiger partial charge is 0.355 e. The fraction of sp³-hybridized carbons (Fsp3) is 0.158. The van der Waals surface area contributed by atoms with Gasteiger partial charge in [0.25, 0.3) is 0 Å². The van der Waals surface area contributed by atoms with Crippen LogP contribution >= 0.6 is 12.4 Å². The molecule has 118 valence electrons. The topological polar surface area (TPSA) is 42.0 Å². The second-order valence-electron chi connectivity index (χ2n) is 5.59. The van der Waals surface area contributed by atoms with Crippen molar-refractivity contribution in [3.8, 4) is 0 Å². The Hall–Kier alpha value is -2.39. The number of anilines is 2. The Labute approximate surface area is 142 Å². The van der Waals surface area contributed by atoms with Crippen LogP contribution in [-0.4, -0.2) is 10.8 Å². The molecule has 0 aliphatic heterocycles. The summed E-state index contributed by atoms with van der Waals surface area (Å²) in [4.78, 5) is 16.1. The third-order valence-corrected chi connectivity index (χ3v) is 3.64. The first-order valence-corrected chi connectivity index (χ1v) is 7.29. The number of carbonyl (C=O) groups is 1. The molecule has 0 atom stereocenters. The first kappa shape index (κ1) is 17.0.